The Morgan fingerprint density at radius 2 is 1.82 bits per heavy atom. The van der Waals surface area contributed by atoms with Gasteiger partial charge in [0.1, 0.15) is 0 Å². The van der Waals surface area contributed by atoms with E-state index in [0.29, 0.717) is 5.92 Å². The first kappa shape index (κ1) is 14.9. The molecule has 2 N–H and O–H groups in total. The molecule has 0 radical (unpaired) electrons. The van der Waals surface area contributed by atoms with E-state index in [1.165, 1.54) is 32.7 Å². The third-order valence-corrected chi connectivity index (χ3v) is 3.40. The fourth-order valence-electron chi connectivity index (χ4n) is 2.25. The normalized spacial score (nSPS) is 20.6. The van der Waals surface area contributed by atoms with E-state index in [0.717, 1.165) is 32.7 Å². The second-order valence-electron chi connectivity index (χ2n) is 5.03. The Labute approximate surface area is 106 Å². The van der Waals surface area contributed by atoms with E-state index >= 15 is 0 Å². The van der Waals surface area contributed by atoms with Gasteiger partial charge in [-0.25, -0.2) is 0 Å². The van der Waals surface area contributed by atoms with Crippen LogP contribution in [0.4, 0.5) is 0 Å². The zero-order valence-corrected chi connectivity index (χ0v) is 11.5. The molecule has 1 aliphatic heterocycles. The molecule has 1 rings (SSSR count). The maximum absolute atomic E-state index is 5.66. The van der Waals surface area contributed by atoms with E-state index in [-0.39, 0.29) is 0 Å². The van der Waals surface area contributed by atoms with Gasteiger partial charge in [-0.05, 0) is 25.8 Å². The fraction of sp³-hybridized carbons (Fsp3) is 1.00. The second kappa shape index (κ2) is 8.86. The minimum absolute atomic E-state index is 0.625. The molecule has 1 atom stereocenters. The van der Waals surface area contributed by atoms with Crippen LogP contribution in [0.25, 0.3) is 0 Å². The van der Waals surface area contributed by atoms with Gasteiger partial charge >= 0.3 is 0 Å². The SMILES string of the molecule is CCOCCCN1CCN(CC(C)CN)CC1. The standard InChI is InChI=1S/C13H29N3O/c1-3-17-10-4-5-15-6-8-16(9-7-15)12-13(2)11-14/h13H,3-12,14H2,1-2H3. The van der Waals surface area contributed by atoms with Crippen molar-refractivity contribution in [1.82, 2.24) is 9.80 Å². The number of hydrogen-bond acceptors (Lipinski definition) is 4. The van der Waals surface area contributed by atoms with Crippen LogP contribution in [0.1, 0.15) is 20.3 Å². The number of hydrogen-bond donors (Lipinski definition) is 1. The first-order chi connectivity index (χ1) is 8.26. The lowest BCUT2D eigenvalue weighted by molar-refractivity contribution is 0.0989. The summed E-state index contributed by atoms with van der Waals surface area (Å²) in [6.07, 6.45) is 1.16. The molecule has 4 nitrogen and oxygen atoms in total. The summed E-state index contributed by atoms with van der Waals surface area (Å²) in [4.78, 5) is 5.08. The summed E-state index contributed by atoms with van der Waals surface area (Å²) in [6, 6.07) is 0. The van der Waals surface area contributed by atoms with Crippen LogP contribution < -0.4 is 5.73 Å². The Hall–Kier alpha value is -0.160. The molecule has 4 heteroatoms. The Kier molecular flexibility index (Phi) is 7.77. The van der Waals surface area contributed by atoms with E-state index in [1.807, 2.05) is 0 Å². The number of piperazine rings is 1. The van der Waals surface area contributed by atoms with Crippen LogP contribution in [-0.2, 0) is 4.74 Å². The number of nitrogens with two attached hydrogens (primary N) is 1. The Bertz CT molecular complexity index is 182. The first-order valence-corrected chi connectivity index (χ1v) is 6.98. The Morgan fingerprint density at radius 1 is 1.18 bits per heavy atom. The van der Waals surface area contributed by atoms with Gasteiger partial charge < -0.3 is 20.3 Å². The van der Waals surface area contributed by atoms with E-state index in [1.54, 1.807) is 0 Å². The molecule has 1 unspecified atom stereocenters. The predicted octanol–water partition coefficient (Wildman–Crippen LogP) is 0.625. The van der Waals surface area contributed by atoms with Crippen LogP contribution in [0, 0.1) is 5.92 Å². The molecule has 0 aliphatic carbocycles. The van der Waals surface area contributed by atoms with Crippen molar-refractivity contribution >= 4 is 0 Å². The van der Waals surface area contributed by atoms with Gasteiger partial charge in [0.05, 0.1) is 0 Å². The molecular weight excluding hydrogens is 214 g/mol. The predicted molar refractivity (Wildman–Crippen MR) is 72.2 cm³/mol. The molecule has 0 spiro atoms. The molecule has 1 heterocycles. The van der Waals surface area contributed by atoms with Crippen molar-refractivity contribution in [1.29, 1.82) is 0 Å². The monoisotopic (exact) mass is 243 g/mol. The third kappa shape index (κ3) is 6.36. The first-order valence-electron chi connectivity index (χ1n) is 6.98. The summed E-state index contributed by atoms with van der Waals surface area (Å²) in [5.74, 6) is 0.625. The van der Waals surface area contributed by atoms with Crippen molar-refractivity contribution in [3.8, 4) is 0 Å². The maximum atomic E-state index is 5.66. The van der Waals surface area contributed by atoms with Crippen molar-refractivity contribution in [2.75, 3.05) is 59.0 Å². The zero-order valence-electron chi connectivity index (χ0n) is 11.5. The largest absolute Gasteiger partial charge is 0.382 e. The van der Waals surface area contributed by atoms with Gasteiger partial charge in [-0.1, -0.05) is 6.92 Å². The van der Waals surface area contributed by atoms with Crippen LogP contribution in [0.5, 0.6) is 0 Å². The average Bonchev–Trinajstić information content (AvgIpc) is 2.36. The van der Waals surface area contributed by atoms with Crippen LogP contribution in [0.15, 0.2) is 0 Å². The molecule has 1 aliphatic rings. The molecular formula is C13H29N3O. The summed E-state index contributed by atoms with van der Waals surface area (Å²) in [5.41, 5.74) is 5.66. The minimum Gasteiger partial charge on any atom is -0.382 e. The number of ether oxygens (including phenoxy) is 1. The number of nitrogens with zero attached hydrogens (tertiary/aromatic N) is 2. The van der Waals surface area contributed by atoms with Crippen molar-refractivity contribution < 1.29 is 4.74 Å². The highest BCUT2D eigenvalue weighted by Crippen LogP contribution is 2.05. The molecule has 1 fully saturated rings. The van der Waals surface area contributed by atoms with E-state index < -0.39 is 0 Å². The molecule has 0 aromatic rings. The van der Waals surface area contributed by atoms with Gasteiger partial charge in [0.15, 0.2) is 0 Å². The summed E-state index contributed by atoms with van der Waals surface area (Å²) >= 11 is 0. The lowest BCUT2D eigenvalue weighted by atomic mass is 10.1. The molecule has 1 saturated heterocycles. The van der Waals surface area contributed by atoms with Crippen molar-refractivity contribution in [2.45, 2.75) is 20.3 Å². The smallest absolute Gasteiger partial charge is 0.0478 e. The minimum atomic E-state index is 0.625. The summed E-state index contributed by atoms with van der Waals surface area (Å²) < 4.78 is 5.36. The Balaban J connectivity index is 2.05. The van der Waals surface area contributed by atoms with Crippen LogP contribution in [-0.4, -0.2) is 68.8 Å². The van der Waals surface area contributed by atoms with Crippen LogP contribution in [0.2, 0.25) is 0 Å². The van der Waals surface area contributed by atoms with E-state index in [9.17, 15) is 0 Å². The van der Waals surface area contributed by atoms with Gasteiger partial charge in [0.25, 0.3) is 0 Å². The summed E-state index contributed by atoms with van der Waals surface area (Å²) in [7, 11) is 0. The van der Waals surface area contributed by atoms with Crippen molar-refractivity contribution in [2.24, 2.45) is 11.7 Å². The lowest BCUT2D eigenvalue weighted by Gasteiger charge is -2.35. The van der Waals surface area contributed by atoms with Crippen LogP contribution in [0.3, 0.4) is 0 Å². The highest BCUT2D eigenvalue weighted by molar-refractivity contribution is 4.73. The molecule has 0 bridgehead atoms. The van der Waals surface area contributed by atoms with Gasteiger partial charge in [-0.2, -0.15) is 0 Å². The molecule has 0 aromatic carbocycles. The average molecular weight is 243 g/mol. The summed E-state index contributed by atoms with van der Waals surface area (Å²) in [5, 5.41) is 0. The van der Waals surface area contributed by atoms with Crippen molar-refractivity contribution in [3.63, 3.8) is 0 Å². The second-order valence-corrected chi connectivity index (χ2v) is 5.03. The molecule has 0 aromatic heterocycles. The van der Waals surface area contributed by atoms with Gasteiger partial charge in [-0.15, -0.1) is 0 Å². The van der Waals surface area contributed by atoms with Crippen molar-refractivity contribution in [3.05, 3.63) is 0 Å². The highest BCUT2D eigenvalue weighted by atomic mass is 16.5. The fourth-order valence-corrected chi connectivity index (χ4v) is 2.25. The zero-order chi connectivity index (χ0) is 12.5. The van der Waals surface area contributed by atoms with Gasteiger partial charge in [-0.3, -0.25) is 0 Å². The highest BCUT2D eigenvalue weighted by Gasteiger charge is 2.17. The van der Waals surface area contributed by atoms with E-state index in [2.05, 4.69) is 23.6 Å². The lowest BCUT2D eigenvalue weighted by Crippen LogP contribution is -2.48. The van der Waals surface area contributed by atoms with Crippen LogP contribution >= 0.6 is 0 Å². The molecule has 17 heavy (non-hydrogen) atoms. The topological polar surface area (TPSA) is 41.7 Å². The summed E-state index contributed by atoms with van der Waals surface area (Å²) in [6.45, 7) is 13.9. The quantitative estimate of drug-likeness (QED) is 0.635. The molecule has 0 saturated carbocycles. The van der Waals surface area contributed by atoms with E-state index in [4.69, 9.17) is 10.5 Å². The molecule has 0 amide bonds. The maximum Gasteiger partial charge on any atom is 0.0478 e. The molecule has 102 valence electrons. The van der Waals surface area contributed by atoms with Gasteiger partial charge in [0, 0.05) is 52.5 Å². The Morgan fingerprint density at radius 3 is 2.41 bits per heavy atom. The van der Waals surface area contributed by atoms with Gasteiger partial charge in [0.2, 0.25) is 0 Å². The third-order valence-electron chi connectivity index (χ3n) is 3.40. The number of rotatable bonds is 8.